The predicted molar refractivity (Wildman–Crippen MR) is 229 cm³/mol. The average Bonchev–Trinajstić information content (AvgIpc) is 3.59. The highest BCUT2D eigenvalue weighted by molar-refractivity contribution is 6.17. The zero-order chi connectivity index (χ0) is 35.8. The zero-order valence-corrected chi connectivity index (χ0v) is 29.7. The number of nitrogens with zero attached hydrogens (tertiary/aromatic N) is 2. The van der Waals surface area contributed by atoms with Crippen LogP contribution in [0.15, 0.2) is 218 Å². The van der Waals surface area contributed by atoms with Gasteiger partial charge in [0.25, 0.3) is 0 Å². The largest absolute Gasteiger partial charge is 0.310 e. The topological polar surface area (TPSA) is 8.17 Å². The molecule has 0 unspecified atom stereocenters. The Kier molecular flexibility index (Phi) is 7.85. The van der Waals surface area contributed by atoms with Crippen LogP contribution in [0.5, 0.6) is 0 Å². The summed E-state index contributed by atoms with van der Waals surface area (Å²) in [6.07, 6.45) is 0. The van der Waals surface area contributed by atoms with Gasteiger partial charge in [0.05, 0.1) is 16.7 Å². The van der Waals surface area contributed by atoms with E-state index < -0.39 is 0 Å². The fraction of sp³-hybridized carbons (Fsp3) is 0. The van der Waals surface area contributed by atoms with E-state index in [1.807, 2.05) is 0 Å². The van der Waals surface area contributed by atoms with Crippen molar-refractivity contribution in [1.29, 1.82) is 0 Å². The number of para-hydroxylation sites is 4. The number of hydrogen-bond donors (Lipinski definition) is 0. The Morgan fingerprint density at radius 1 is 0.333 bits per heavy atom. The smallest absolute Gasteiger partial charge is 0.0547 e. The van der Waals surface area contributed by atoms with Gasteiger partial charge in [-0.1, -0.05) is 158 Å². The van der Waals surface area contributed by atoms with Crippen LogP contribution in [0.1, 0.15) is 0 Å². The van der Waals surface area contributed by atoms with Crippen LogP contribution < -0.4 is 4.90 Å². The van der Waals surface area contributed by atoms with E-state index in [1.165, 1.54) is 66.0 Å². The molecule has 0 atom stereocenters. The molecule has 254 valence electrons. The van der Waals surface area contributed by atoms with Crippen LogP contribution in [0, 0.1) is 0 Å². The molecule has 2 heteroatoms. The van der Waals surface area contributed by atoms with Gasteiger partial charge in [0.1, 0.15) is 0 Å². The highest BCUT2D eigenvalue weighted by atomic mass is 15.1. The van der Waals surface area contributed by atoms with E-state index in [1.54, 1.807) is 0 Å². The van der Waals surface area contributed by atoms with Gasteiger partial charge in [-0.25, -0.2) is 0 Å². The third-order valence-electron chi connectivity index (χ3n) is 10.6. The maximum absolute atomic E-state index is 2.39. The van der Waals surface area contributed by atoms with Crippen LogP contribution in [0.2, 0.25) is 0 Å². The Bertz CT molecular complexity index is 2920. The summed E-state index contributed by atoms with van der Waals surface area (Å²) in [5.74, 6) is 0. The molecule has 0 bridgehead atoms. The molecule has 0 saturated heterocycles. The van der Waals surface area contributed by atoms with Crippen molar-refractivity contribution in [1.82, 2.24) is 4.57 Å². The first-order chi connectivity index (χ1) is 26.8. The molecule has 54 heavy (non-hydrogen) atoms. The van der Waals surface area contributed by atoms with Gasteiger partial charge in [0, 0.05) is 33.4 Å². The number of benzene rings is 9. The lowest BCUT2D eigenvalue weighted by Crippen LogP contribution is -2.11. The third-order valence-corrected chi connectivity index (χ3v) is 10.6. The summed E-state index contributed by atoms with van der Waals surface area (Å²) in [5.41, 5.74) is 14.1. The second-order valence-corrected chi connectivity index (χ2v) is 13.7. The number of rotatable bonds is 7. The van der Waals surface area contributed by atoms with E-state index in [0.29, 0.717) is 0 Å². The van der Waals surface area contributed by atoms with Crippen molar-refractivity contribution in [2.24, 2.45) is 0 Å². The second-order valence-electron chi connectivity index (χ2n) is 13.7. The highest BCUT2D eigenvalue weighted by Crippen LogP contribution is 2.45. The molecular weight excluding hydrogens is 653 g/mol. The molecule has 0 radical (unpaired) electrons. The minimum Gasteiger partial charge on any atom is -0.310 e. The quantitative estimate of drug-likeness (QED) is 0.162. The van der Waals surface area contributed by atoms with E-state index in [4.69, 9.17) is 0 Å². The summed E-state index contributed by atoms with van der Waals surface area (Å²) in [7, 11) is 0. The van der Waals surface area contributed by atoms with Gasteiger partial charge in [-0.2, -0.15) is 0 Å². The van der Waals surface area contributed by atoms with Crippen molar-refractivity contribution >= 4 is 49.6 Å². The van der Waals surface area contributed by atoms with Crippen molar-refractivity contribution in [3.8, 4) is 39.1 Å². The number of aromatic nitrogens is 1. The standard InChI is InChI=1S/C52H36N2/c1-3-20-41(21-4-1)53(43-34-32-37(33-35-43)39-18-13-19-40(36-39)45-27-14-17-38-16-7-8-24-44(38)45)49-29-11-9-25-46(49)47-28-15-31-51-52(47)48-26-10-12-30-50(48)54(51)42-22-5-2-6-23-42/h1-36H. The van der Waals surface area contributed by atoms with Gasteiger partial charge in [0.15, 0.2) is 0 Å². The molecule has 1 heterocycles. The van der Waals surface area contributed by atoms with Gasteiger partial charge in [0.2, 0.25) is 0 Å². The first kappa shape index (κ1) is 31.6. The summed E-state index contributed by atoms with van der Waals surface area (Å²) >= 11 is 0. The Morgan fingerprint density at radius 2 is 0.907 bits per heavy atom. The monoisotopic (exact) mass is 688 g/mol. The van der Waals surface area contributed by atoms with Gasteiger partial charge in [-0.05, 0) is 99.3 Å². The normalized spacial score (nSPS) is 11.3. The lowest BCUT2D eigenvalue weighted by atomic mass is 9.95. The summed E-state index contributed by atoms with van der Waals surface area (Å²) in [4.78, 5) is 2.39. The molecule has 2 nitrogen and oxygen atoms in total. The van der Waals surface area contributed by atoms with Gasteiger partial charge < -0.3 is 9.47 Å². The van der Waals surface area contributed by atoms with Crippen LogP contribution in [0.25, 0.3) is 71.6 Å². The van der Waals surface area contributed by atoms with Crippen LogP contribution in [0.3, 0.4) is 0 Å². The van der Waals surface area contributed by atoms with E-state index in [-0.39, 0.29) is 0 Å². The van der Waals surface area contributed by atoms with Gasteiger partial charge >= 0.3 is 0 Å². The Balaban J connectivity index is 1.10. The van der Waals surface area contributed by atoms with Gasteiger partial charge in [-0.15, -0.1) is 0 Å². The van der Waals surface area contributed by atoms with Crippen molar-refractivity contribution < 1.29 is 0 Å². The lowest BCUT2D eigenvalue weighted by Gasteiger charge is -2.28. The van der Waals surface area contributed by atoms with Crippen molar-refractivity contribution in [2.75, 3.05) is 4.90 Å². The number of hydrogen-bond acceptors (Lipinski definition) is 1. The van der Waals surface area contributed by atoms with Crippen molar-refractivity contribution in [3.05, 3.63) is 218 Å². The van der Waals surface area contributed by atoms with E-state index in [9.17, 15) is 0 Å². The molecule has 0 N–H and O–H groups in total. The first-order valence-corrected chi connectivity index (χ1v) is 18.5. The number of anilines is 3. The summed E-state index contributed by atoms with van der Waals surface area (Å²) in [5, 5.41) is 5.01. The fourth-order valence-electron chi connectivity index (χ4n) is 8.15. The molecule has 0 spiro atoms. The zero-order valence-electron chi connectivity index (χ0n) is 29.7. The van der Waals surface area contributed by atoms with Crippen LogP contribution in [-0.2, 0) is 0 Å². The third kappa shape index (κ3) is 5.44. The minimum atomic E-state index is 1.10. The molecule has 0 aliphatic rings. The molecule has 0 amide bonds. The molecule has 9 aromatic carbocycles. The lowest BCUT2D eigenvalue weighted by molar-refractivity contribution is 1.18. The molecular formula is C52H36N2. The minimum absolute atomic E-state index is 1.10. The maximum Gasteiger partial charge on any atom is 0.0547 e. The van der Waals surface area contributed by atoms with Crippen LogP contribution in [0.4, 0.5) is 17.1 Å². The summed E-state index contributed by atoms with van der Waals surface area (Å²) in [6.45, 7) is 0. The predicted octanol–water partition coefficient (Wildman–Crippen LogP) is 14.4. The molecule has 0 fully saturated rings. The second kappa shape index (κ2) is 13.4. The molecule has 0 saturated carbocycles. The number of fused-ring (bicyclic) bond motifs is 4. The molecule has 10 aromatic rings. The summed E-state index contributed by atoms with van der Waals surface area (Å²) < 4.78 is 2.39. The first-order valence-electron chi connectivity index (χ1n) is 18.5. The van der Waals surface area contributed by atoms with E-state index >= 15 is 0 Å². The summed E-state index contributed by atoms with van der Waals surface area (Å²) in [6, 6.07) is 78.8. The Morgan fingerprint density at radius 3 is 1.76 bits per heavy atom. The van der Waals surface area contributed by atoms with Crippen molar-refractivity contribution in [2.45, 2.75) is 0 Å². The molecule has 0 aliphatic heterocycles. The van der Waals surface area contributed by atoms with Crippen LogP contribution in [-0.4, -0.2) is 4.57 Å². The van der Waals surface area contributed by atoms with Crippen molar-refractivity contribution in [3.63, 3.8) is 0 Å². The Hall–Kier alpha value is -7.16. The van der Waals surface area contributed by atoms with Gasteiger partial charge in [-0.3, -0.25) is 0 Å². The van der Waals surface area contributed by atoms with E-state index in [2.05, 4.69) is 228 Å². The fourth-order valence-corrected chi connectivity index (χ4v) is 8.15. The SMILES string of the molecule is c1ccc(N(c2ccc(-c3cccc(-c4cccc5ccccc45)c3)cc2)c2ccccc2-c2cccc3c2c2ccccc2n3-c2ccccc2)cc1. The van der Waals surface area contributed by atoms with Crippen LogP contribution >= 0.6 is 0 Å². The molecule has 0 aliphatic carbocycles. The highest BCUT2D eigenvalue weighted by Gasteiger charge is 2.21. The van der Waals surface area contributed by atoms with E-state index in [0.717, 1.165) is 22.7 Å². The Labute approximate surface area is 315 Å². The molecule has 1 aromatic heterocycles. The molecule has 10 rings (SSSR count). The average molecular weight is 689 g/mol. The maximum atomic E-state index is 2.39.